The maximum absolute atomic E-state index is 9.01. The molecule has 0 bridgehead atoms. The number of aldehydes is 1. The largest absolute Gasteiger partial charge is 0.304 e. The third-order valence-corrected chi connectivity index (χ3v) is 5.56. The van der Waals surface area contributed by atoms with Gasteiger partial charge >= 0.3 is 0 Å². The molecule has 0 radical (unpaired) electrons. The van der Waals surface area contributed by atoms with Crippen molar-refractivity contribution < 1.29 is 4.79 Å². The lowest BCUT2D eigenvalue weighted by molar-refractivity contribution is -0.106. The van der Waals surface area contributed by atoms with Gasteiger partial charge in [-0.1, -0.05) is 26.0 Å². The van der Waals surface area contributed by atoms with Crippen molar-refractivity contribution in [2.75, 3.05) is 0 Å². The van der Waals surface area contributed by atoms with Crippen LogP contribution in [0.5, 0.6) is 0 Å². The minimum absolute atomic E-state index is 0.496. The third-order valence-electron chi connectivity index (χ3n) is 4.36. The Morgan fingerprint density at radius 3 is 2.34 bits per heavy atom. The number of nitrogens with zero attached hydrogens (tertiary/aromatic N) is 5. The molecular formula is C22H25N5OS. The molecule has 0 N–H and O–H groups in total. The van der Waals surface area contributed by atoms with Crippen molar-refractivity contribution in [2.45, 2.75) is 48.1 Å². The van der Waals surface area contributed by atoms with Gasteiger partial charge in [-0.15, -0.1) is 21.5 Å². The van der Waals surface area contributed by atoms with Gasteiger partial charge in [0.2, 0.25) is 0 Å². The van der Waals surface area contributed by atoms with E-state index in [1.165, 1.54) is 17.4 Å². The van der Waals surface area contributed by atoms with Gasteiger partial charge in [0.1, 0.15) is 23.7 Å². The highest BCUT2D eigenvalue weighted by Gasteiger charge is 2.26. The van der Waals surface area contributed by atoms with Gasteiger partial charge in [0, 0.05) is 16.0 Å². The summed E-state index contributed by atoms with van der Waals surface area (Å²) >= 11 is 1.75. The first-order valence-corrected chi connectivity index (χ1v) is 10.3. The van der Waals surface area contributed by atoms with Crippen LogP contribution >= 0.6 is 11.3 Å². The van der Waals surface area contributed by atoms with Gasteiger partial charge in [0.25, 0.3) is 0 Å². The Hall–Kier alpha value is -3.11. The molecule has 0 fully saturated rings. The smallest absolute Gasteiger partial charge is 0.160 e. The normalized spacial score (nSPS) is 11.3. The molecule has 1 aromatic carbocycles. The highest BCUT2D eigenvalue weighted by molar-refractivity contribution is 7.15. The molecule has 1 aliphatic rings. The summed E-state index contributed by atoms with van der Waals surface area (Å²) in [5, 5.41) is 18.6. The molecule has 0 atom stereocenters. The number of aromatic nitrogens is 3. The van der Waals surface area contributed by atoms with Gasteiger partial charge < -0.3 is 4.79 Å². The van der Waals surface area contributed by atoms with Gasteiger partial charge in [-0.25, -0.2) is 0 Å². The fourth-order valence-corrected chi connectivity index (χ4v) is 4.21. The molecular weight excluding hydrogens is 382 g/mol. The summed E-state index contributed by atoms with van der Waals surface area (Å²) < 4.78 is 2.11. The number of nitriles is 1. The summed E-state index contributed by atoms with van der Waals surface area (Å²) in [6.45, 7) is 12.2. The average molecular weight is 408 g/mol. The summed E-state index contributed by atoms with van der Waals surface area (Å²) in [5.41, 5.74) is 5.01. The van der Waals surface area contributed by atoms with E-state index in [4.69, 9.17) is 15.0 Å². The van der Waals surface area contributed by atoms with Crippen LogP contribution in [-0.4, -0.2) is 26.8 Å². The number of carbonyl (C=O) groups is 1. The Labute approximate surface area is 175 Å². The standard InChI is InChI=1S/C18H15N5S.C2H4O.C2H6/c1-10-11(2)24-18-16(10)17(14-6-4-13(8-19)5-7-14)20-9-15-22-21-12(3)23(15)18;1-2-3;1-2/h4-7H,9H2,1-3H3;2H,1H3;1-2H3. The second-order valence-electron chi connectivity index (χ2n) is 6.05. The lowest BCUT2D eigenvalue weighted by atomic mass is 9.99. The zero-order chi connectivity index (χ0) is 21.6. The van der Waals surface area contributed by atoms with Crippen molar-refractivity contribution in [2.24, 2.45) is 4.99 Å². The summed E-state index contributed by atoms with van der Waals surface area (Å²) in [6.07, 6.45) is 0.750. The first kappa shape index (κ1) is 22.2. The molecule has 150 valence electrons. The van der Waals surface area contributed by atoms with Crippen molar-refractivity contribution >= 4 is 23.3 Å². The summed E-state index contributed by atoms with van der Waals surface area (Å²) in [7, 11) is 0. The average Bonchev–Trinajstić information content (AvgIpc) is 3.18. The van der Waals surface area contributed by atoms with E-state index < -0.39 is 0 Å². The number of carbonyl (C=O) groups excluding carboxylic acids is 1. The van der Waals surface area contributed by atoms with Gasteiger partial charge in [0.05, 0.1) is 17.3 Å². The fraction of sp³-hybridized carbons (Fsp3) is 0.318. The Bertz CT molecular complexity index is 1070. The van der Waals surface area contributed by atoms with Gasteiger partial charge in [-0.05, 0) is 45.4 Å². The number of aryl methyl sites for hydroxylation is 2. The molecule has 3 aromatic rings. The highest BCUT2D eigenvalue weighted by atomic mass is 32.1. The topological polar surface area (TPSA) is 83.9 Å². The number of rotatable bonds is 1. The molecule has 0 amide bonds. The number of hydrogen-bond acceptors (Lipinski definition) is 6. The SMILES string of the molecule is CC.CC=O.Cc1sc2c(c1C)C(c1ccc(C#N)cc1)=NCc1nnc(C)n1-2. The van der Waals surface area contributed by atoms with E-state index in [0.29, 0.717) is 12.1 Å². The van der Waals surface area contributed by atoms with E-state index in [-0.39, 0.29) is 0 Å². The van der Waals surface area contributed by atoms with Crippen LogP contribution in [0, 0.1) is 32.1 Å². The molecule has 0 saturated carbocycles. The number of hydrogen-bond donors (Lipinski definition) is 0. The molecule has 0 spiro atoms. The quantitative estimate of drug-likeness (QED) is 0.547. The molecule has 2 aromatic heterocycles. The molecule has 0 unspecified atom stereocenters. The Balaban J connectivity index is 0.000000551. The minimum Gasteiger partial charge on any atom is -0.304 e. The Morgan fingerprint density at radius 2 is 1.76 bits per heavy atom. The summed E-state index contributed by atoms with van der Waals surface area (Å²) in [4.78, 5) is 14.9. The van der Waals surface area contributed by atoms with E-state index >= 15 is 0 Å². The second kappa shape index (κ2) is 9.89. The lowest BCUT2D eigenvalue weighted by Crippen LogP contribution is -2.07. The fourth-order valence-electron chi connectivity index (χ4n) is 2.99. The van der Waals surface area contributed by atoms with Gasteiger partial charge in [-0.2, -0.15) is 5.26 Å². The van der Waals surface area contributed by atoms with Crippen LogP contribution in [0.2, 0.25) is 0 Å². The van der Waals surface area contributed by atoms with Crippen LogP contribution in [-0.2, 0) is 11.3 Å². The number of benzene rings is 1. The molecule has 0 saturated heterocycles. The van der Waals surface area contributed by atoms with E-state index in [0.717, 1.165) is 39.8 Å². The van der Waals surface area contributed by atoms with E-state index in [9.17, 15) is 0 Å². The lowest BCUT2D eigenvalue weighted by Gasteiger charge is -2.09. The molecule has 7 heteroatoms. The van der Waals surface area contributed by atoms with Crippen molar-refractivity contribution in [3.8, 4) is 11.1 Å². The monoisotopic (exact) mass is 407 g/mol. The van der Waals surface area contributed by atoms with E-state index in [2.05, 4.69) is 34.7 Å². The first-order valence-electron chi connectivity index (χ1n) is 9.48. The predicted octanol–water partition coefficient (Wildman–Crippen LogP) is 4.71. The molecule has 6 nitrogen and oxygen atoms in total. The molecule has 3 heterocycles. The van der Waals surface area contributed by atoms with Gasteiger partial charge in [0.15, 0.2) is 5.82 Å². The zero-order valence-electron chi connectivity index (χ0n) is 17.6. The Morgan fingerprint density at radius 1 is 1.14 bits per heavy atom. The van der Waals surface area contributed by atoms with E-state index in [1.54, 1.807) is 11.3 Å². The second-order valence-corrected chi connectivity index (χ2v) is 7.26. The first-order chi connectivity index (χ1) is 14.0. The van der Waals surface area contributed by atoms with Crippen molar-refractivity contribution in [3.05, 3.63) is 63.0 Å². The molecule has 29 heavy (non-hydrogen) atoms. The molecule has 1 aliphatic heterocycles. The van der Waals surface area contributed by atoms with Crippen molar-refractivity contribution in [1.82, 2.24) is 14.8 Å². The summed E-state index contributed by atoms with van der Waals surface area (Å²) in [5.74, 6) is 1.74. The van der Waals surface area contributed by atoms with Crippen molar-refractivity contribution in [3.63, 3.8) is 0 Å². The number of fused-ring (bicyclic) bond motifs is 3. The minimum atomic E-state index is 0.496. The maximum Gasteiger partial charge on any atom is 0.160 e. The molecule has 0 aliphatic carbocycles. The van der Waals surface area contributed by atoms with Crippen LogP contribution in [0.4, 0.5) is 0 Å². The number of aliphatic imine (C=N–C) groups is 1. The maximum atomic E-state index is 9.01. The van der Waals surface area contributed by atoms with Crippen LogP contribution in [0.1, 0.15) is 59.6 Å². The van der Waals surface area contributed by atoms with Gasteiger partial charge in [-0.3, -0.25) is 9.56 Å². The molecule has 4 rings (SSSR count). The van der Waals surface area contributed by atoms with E-state index in [1.807, 2.05) is 45.0 Å². The van der Waals surface area contributed by atoms with Crippen LogP contribution in [0.25, 0.3) is 5.00 Å². The predicted molar refractivity (Wildman–Crippen MR) is 117 cm³/mol. The highest BCUT2D eigenvalue weighted by Crippen LogP contribution is 2.36. The number of thiophene rings is 1. The van der Waals surface area contributed by atoms with Crippen LogP contribution < -0.4 is 0 Å². The van der Waals surface area contributed by atoms with Crippen molar-refractivity contribution in [1.29, 1.82) is 5.26 Å². The van der Waals surface area contributed by atoms with Crippen LogP contribution in [0.3, 0.4) is 0 Å². The Kier molecular flexibility index (Phi) is 7.57. The van der Waals surface area contributed by atoms with Crippen LogP contribution in [0.15, 0.2) is 29.3 Å². The third kappa shape index (κ3) is 4.33. The zero-order valence-corrected chi connectivity index (χ0v) is 18.5. The summed E-state index contributed by atoms with van der Waals surface area (Å²) in [6, 6.07) is 9.76.